The summed E-state index contributed by atoms with van der Waals surface area (Å²) in [4.78, 5) is 19.8. The Kier molecular flexibility index (Phi) is 6.56. The lowest BCUT2D eigenvalue weighted by molar-refractivity contribution is -0.131. The monoisotopic (exact) mass is 403 g/mol. The van der Waals surface area contributed by atoms with Gasteiger partial charge in [0.25, 0.3) is 0 Å². The van der Waals surface area contributed by atoms with Crippen LogP contribution in [0.1, 0.15) is 43.5 Å². The molecule has 29 heavy (non-hydrogen) atoms. The maximum atomic E-state index is 12.5. The number of carbonyl (C=O) groups excluding carboxylic acids is 1. The highest BCUT2D eigenvalue weighted by Gasteiger charge is 2.39. The molecule has 7 nitrogen and oxygen atoms in total. The number of likely N-dealkylation sites (tertiary alicyclic amines) is 1. The van der Waals surface area contributed by atoms with Crippen molar-refractivity contribution in [3.8, 4) is 0 Å². The number of nitrogens with zero attached hydrogens (tertiary/aromatic N) is 5. The van der Waals surface area contributed by atoms with E-state index in [9.17, 15) is 4.79 Å². The van der Waals surface area contributed by atoms with Crippen LogP contribution in [0.25, 0.3) is 0 Å². The normalized spacial score (nSPS) is 23.5. The molecule has 1 aromatic heterocycles. The minimum absolute atomic E-state index is 0.332. The van der Waals surface area contributed by atoms with Crippen LogP contribution in [-0.2, 0) is 23.1 Å². The molecule has 2 saturated heterocycles. The van der Waals surface area contributed by atoms with Gasteiger partial charge in [-0.2, -0.15) is 5.10 Å². The number of likely N-dealkylation sites (N-methyl/N-ethyl adjacent to an activating group) is 1. The van der Waals surface area contributed by atoms with Crippen molar-refractivity contribution in [1.29, 1.82) is 0 Å². The molecule has 1 unspecified atom stereocenters. The maximum absolute atomic E-state index is 12.5. The molecule has 3 heterocycles. The van der Waals surface area contributed by atoms with Gasteiger partial charge < -0.3 is 9.64 Å². The molecular formula is C22H37N5O2. The predicted octanol–water partition coefficient (Wildman–Crippen LogP) is 1.65. The van der Waals surface area contributed by atoms with Gasteiger partial charge in [0.1, 0.15) is 0 Å². The Bertz CT molecular complexity index is 695. The molecule has 3 aliphatic rings. The van der Waals surface area contributed by atoms with Crippen LogP contribution in [0.5, 0.6) is 0 Å². The summed E-state index contributed by atoms with van der Waals surface area (Å²) in [6, 6.07) is 3.25. The standard InChI is InChI=1S/C22H37N5O2/c1-17-14-21(25(3)23-17)15-24(2)10-11-27(19-7-12-29-13-8-19)20-6-9-26(16-20)22(28)18-4-5-18/h14,18-20H,4-13,15-16H2,1-3H3. The first-order chi connectivity index (χ1) is 14.0. The molecule has 1 saturated carbocycles. The molecule has 0 aromatic carbocycles. The van der Waals surface area contributed by atoms with E-state index >= 15 is 0 Å². The first-order valence-electron chi connectivity index (χ1n) is 11.3. The quantitative estimate of drug-likeness (QED) is 0.661. The molecule has 4 rings (SSSR count). The molecule has 0 spiro atoms. The van der Waals surface area contributed by atoms with E-state index in [4.69, 9.17) is 4.74 Å². The van der Waals surface area contributed by atoms with Crippen LogP contribution in [0.3, 0.4) is 0 Å². The van der Waals surface area contributed by atoms with Crippen LogP contribution in [0.4, 0.5) is 0 Å². The third kappa shape index (κ3) is 5.19. The van der Waals surface area contributed by atoms with Crippen molar-refractivity contribution in [2.45, 2.75) is 57.7 Å². The third-order valence-electron chi connectivity index (χ3n) is 6.80. The first-order valence-corrected chi connectivity index (χ1v) is 11.3. The van der Waals surface area contributed by atoms with Crippen molar-refractivity contribution in [3.63, 3.8) is 0 Å². The van der Waals surface area contributed by atoms with Crippen molar-refractivity contribution in [1.82, 2.24) is 24.5 Å². The van der Waals surface area contributed by atoms with Gasteiger partial charge in [0.2, 0.25) is 5.91 Å². The van der Waals surface area contributed by atoms with Crippen molar-refractivity contribution in [3.05, 3.63) is 17.5 Å². The number of carbonyl (C=O) groups is 1. The van der Waals surface area contributed by atoms with Gasteiger partial charge in [-0.1, -0.05) is 0 Å². The fourth-order valence-corrected chi connectivity index (χ4v) is 4.94. The summed E-state index contributed by atoms with van der Waals surface area (Å²) in [5, 5.41) is 4.47. The first kappa shape index (κ1) is 20.8. The van der Waals surface area contributed by atoms with Gasteiger partial charge in [-0.3, -0.25) is 19.3 Å². The average molecular weight is 404 g/mol. The number of hydrogen-bond donors (Lipinski definition) is 0. The molecule has 1 aliphatic carbocycles. The zero-order valence-corrected chi connectivity index (χ0v) is 18.3. The van der Waals surface area contributed by atoms with E-state index in [0.717, 1.165) is 83.7 Å². The molecule has 162 valence electrons. The van der Waals surface area contributed by atoms with Gasteiger partial charge in [0.15, 0.2) is 0 Å². The average Bonchev–Trinajstić information content (AvgIpc) is 3.36. The number of ether oxygens (including phenoxy) is 1. The molecule has 7 heteroatoms. The number of amides is 1. The van der Waals surface area contributed by atoms with Crippen molar-refractivity contribution < 1.29 is 9.53 Å². The van der Waals surface area contributed by atoms with E-state index < -0.39 is 0 Å². The van der Waals surface area contributed by atoms with Crippen LogP contribution < -0.4 is 0 Å². The lowest BCUT2D eigenvalue weighted by atomic mass is 10.0. The summed E-state index contributed by atoms with van der Waals surface area (Å²) in [5.41, 5.74) is 2.33. The summed E-state index contributed by atoms with van der Waals surface area (Å²) in [6.45, 7) is 8.61. The highest BCUT2D eigenvalue weighted by molar-refractivity contribution is 5.81. The van der Waals surface area contributed by atoms with Gasteiger partial charge in [-0.05, 0) is 52.1 Å². The lowest BCUT2D eigenvalue weighted by Crippen LogP contribution is -2.49. The van der Waals surface area contributed by atoms with E-state index in [-0.39, 0.29) is 0 Å². The summed E-state index contributed by atoms with van der Waals surface area (Å²) in [7, 11) is 4.22. The molecule has 0 bridgehead atoms. The smallest absolute Gasteiger partial charge is 0.225 e. The summed E-state index contributed by atoms with van der Waals surface area (Å²) < 4.78 is 7.61. The van der Waals surface area contributed by atoms with Crippen LogP contribution in [0.2, 0.25) is 0 Å². The second kappa shape index (κ2) is 9.14. The zero-order chi connectivity index (χ0) is 20.4. The fraction of sp³-hybridized carbons (Fsp3) is 0.818. The van der Waals surface area contributed by atoms with Crippen molar-refractivity contribution in [2.24, 2.45) is 13.0 Å². The van der Waals surface area contributed by atoms with Gasteiger partial charge in [0, 0.05) is 71.0 Å². The van der Waals surface area contributed by atoms with Crippen LogP contribution >= 0.6 is 0 Å². The zero-order valence-electron chi connectivity index (χ0n) is 18.3. The molecule has 1 aromatic rings. The molecule has 0 radical (unpaired) electrons. The van der Waals surface area contributed by atoms with Gasteiger partial charge in [-0.15, -0.1) is 0 Å². The van der Waals surface area contributed by atoms with Gasteiger partial charge in [0.05, 0.1) is 11.4 Å². The lowest BCUT2D eigenvalue weighted by Gasteiger charge is -2.39. The van der Waals surface area contributed by atoms with E-state index in [1.54, 1.807) is 0 Å². The van der Waals surface area contributed by atoms with Crippen LogP contribution in [0, 0.1) is 12.8 Å². The van der Waals surface area contributed by atoms with E-state index in [2.05, 4.69) is 32.9 Å². The highest BCUT2D eigenvalue weighted by atomic mass is 16.5. The Morgan fingerprint density at radius 1 is 1.17 bits per heavy atom. The van der Waals surface area contributed by atoms with E-state index in [1.165, 1.54) is 5.69 Å². The third-order valence-corrected chi connectivity index (χ3v) is 6.80. The van der Waals surface area contributed by atoms with Gasteiger partial charge in [-0.25, -0.2) is 0 Å². The van der Waals surface area contributed by atoms with Crippen LogP contribution in [0.15, 0.2) is 6.07 Å². The predicted molar refractivity (Wildman–Crippen MR) is 113 cm³/mol. The molecule has 1 amide bonds. The maximum Gasteiger partial charge on any atom is 0.225 e. The number of rotatable bonds is 8. The SMILES string of the molecule is Cc1cc(CN(C)CCN(C2CCOCC2)C2CCN(C(=O)C3CC3)C2)n(C)n1. The second-order valence-corrected chi connectivity index (χ2v) is 9.22. The Morgan fingerprint density at radius 3 is 2.59 bits per heavy atom. The topological polar surface area (TPSA) is 53.8 Å². The second-order valence-electron chi connectivity index (χ2n) is 9.22. The number of hydrogen-bond acceptors (Lipinski definition) is 5. The Balaban J connectivity index is 1.35. The summed E-state index contributed by atoms with van der Waals surface area (Å²) in [5.74, 6) is 0.738. The van der Waals surface area contributed by atoms with Crippen molar-refractivity contribution in [2.75, 3.05) is 46.4 Å². The number of aromatic nitrogens is 2. The Morgan fingerprint density at radius 2 is 1.93 bits per heavy atom. The van der Waals surface area contributed by atoms with Gasteiger partial charge >= 0.3 is 0 Å². The highest BCUT2D eigenvalue weighted by Crippen LogP contribution is 2.33. The Hall–Kier alpha value is -1.44. The fourth-order valence-electron chi connectivity index (χ4n) is 4.94. The summed E-state index contributed by atoms with van der Waals surface area (Å²) in [6.07, 6.45) is 5.53. The minimum atomic E-state index is 0.332. The number of aryl methyl sites for hydroxylation is 2. The van der Waals surface area contributed by atoms with Crippen molar-refractivity contribution >= 4 is 5.91 Å². The Labute approximate surface area is 175 Å². The van der Waals surface area contributed by atoms with E-state index in [1.807, 2.05) is 18.7 Å². The molecule has 1 atom stereocenters. The molecular weight excluding hydrogens is 366 g/mol. The van der Waals surface area contributed by atoms with E-state index in [0.29, 0.717) is 23.9 Å². The molecule has 0 N–H and O–H groups in total. The van der Waals surface area contributed by atoms with Crippen LogP contribution in [-0.4, -0.2) is 88.9 Å². The molecule has 3 fully saturated rings. The minimum Gasteiger partial charge on any atom is -0.381 e. The molecule has 2 aliphatic heterocycles. The summed E-state index contributed by atoms with van der Waals surface area (Å²) >= 11 is 0. The largest absolute Gasteiger partial charge is 0.381 e.